The third-order valence-electron chi connectivity index (χ3n) is 4.89. The number of nitrogens with zero attached hydrogens (tertiary/aromatic N) is 1. The summed E-state index contributed by atoms with van der Waals surface area (Å²) in [5.41, 5.74) is 7.65. The van der Waals surface area contributed by atoms with Gasteiger partial charge >= 0.3 is 0 Å². The summed E-state index contributed by atoms with van der Waals surface area (Å²) >= 11 is 0. The smallest absolute Gasteiger partial charge is 0.0449 e. The number of pyridine rings is 1. The summed E-state index contributed by atoms with van der Waals surface area (Å²) in [7, 11) is 0. The van der Waals surface area contributed by atoms with Crippen LogP contribution in [0.2, 0.25) is 0 Å². The van der Waals surface area contributed by atoms with Crippen molar-refractivity contribution in [2.45, 2.75) is 52.4 Å². The molecule has 106 valence electrons. The zero-order valence-corrected chi connectivity index (χ0v) is 12.6. The van der Waals surface area contributed by atoms with Crippen molar-refractivity contribution in [2.24, 2.45) is 23.0 Å². The minimum atomic E-state index is 0.446. The monoisotopic (exact) mass is 260 g/mol. The first-order chi connectivity index (χ1) is 9.02. The van der Waals surface area contributed by atoms with Crippen molar-refractivity contribution < 1.29 is 0 Å². The van der Waals surface area contributed by atoms with Gasteiger partial charge in [-0.1, -0.05) is 26.8 Å². The number of hydrogen-bond acceptors (Lipinski definition) is 2. The Morgan fingerprint density at radius 1 is 1.21 bits per heavy atom. The molecule has 0 aromatic carbocycles. The molecule has 0 saturated heterocycles. The summed E-state index contributed by atoms with van der Waals surface area (Å²) in [5, 5.41) is 0. The highest BCUT2D eigenvalue weighted by molar-refractivity contribution is 5.11. The second kappa shape index (κ2) is 6.04. The molecule has 2 N–H and O–H groups in total. The van der Waals surface area contributed by atoms with Crippen molar-refractivity contribution >= 4 is 0 Å². The summed E-state index contributed by atoms with van der Waals surface area (Å²) in [4.78, 5) is 4.51. The Balaban J connectivity index is 2.00. The molecule has 1 fully saturated rings. The van der Waals surface area contributed by atoms with Crippen LogP contribution in [0.1, 0.15) is 58.1 Å². The largest absolute Gasteiger partial charge is 0.330 e. The van der Waals surface area contributed by atoms with E-state index in [1.807, 2.05) is 12.3 Å². The molecule has 1 aromatic heterocycles. The van der Waals surface area contributed by atoms with Gasteiger partial charge in [-0.2, -0.15) is 0 Å². The second-order valence-corrected chi connectivity index (χ2v) is 7.07. The molecule has 0 spiro atoms. The Kier molecular flexibility index (Phi) is 4.62. The van der Waals surface area contributed by atoms with Gasteiger partial charge in [0.2, 0.25) is 0 Å². The third-order valence-corrected chi connectivity index (χ3v) is 4.89. The van der Waals surface area contributed by atoms with Gasteiger partial charge in [0, 0.05) is 24.4 Å². The highest BCUT2D eigenvalue weighted by Gasteiger charge is 2.33. The first kappa shape index (κ1) is 14.5. The zero-order chi connectivity index (χ0) is 13.9. The minimum absolute atomic E-state index is 0.446. The van der Waals surface area contributed by atoms with E-state index < -0.39 is 0 Å². The first-order valence-corrected chi connectivity index (χ1v) is 7.63. The second-order valence-electron chi connectivity index (χ2n) is 7.07. The highest BCUT2D eigenvalue weighted by atomic mass is 14.7. The first-order valence-electron chi connectivity index (χ1n) is 7.63. The van der Waals surface area contributed by atoms with Crippen LogP contribution in [0.5, 0.6) is 0 Å². The number of hydrogen-bond donors (Lipinski definition) is 1. The Bertz CT molecular complexity index is 372. The van der Waals surface area contributed by atoms with Gasteiger partial charge in [-0.05, 0) is 55.1 Å². The molecule has 0 bridgehead atoms. The molecule has 1 atom stereocenters. The van der Waals surface area contributed by atoms with Crippen LogP contribution in [-0.2, 0) is 0 Å². The van der Waals surface area contributed by atoms with E-state index in [0.29, 0.717) is 11.3 Å². The van der Waals surface area contributed by atoms with Gasteiger partial charge in [0.15, 0.2) is 0 Å². The summed E-state index contributed by atoms with van der Waals surface area (Å²) in [5.74, 6) is 2.03. The Morgan fingerprint density at radius 2 is 1.89 bits per heavy atom. The van der Waals surface area contributed by atoms with Crippen LogP contribution in [0.4, 0.5) is 0 Å². The zero-order valence-electron chi connectivity index (χ0n) is 12.6. The third kappa shape index (κ3) is 3.56. The van der Waals surface area contributed by atoms with Crippen molar-refractivity contribution in [1.29, 1.82) is 0 Å². The molecule has 0 aliphatic heterocycles. The van der Waals surface area contributed by atoms with Crippen LogP contribution in [0, 0.1) is 17.3 Å². The predicted molar refractivity (Wildman–Crippen MR) is 80.9 cm³/mol. The van der Waals surface area contributed by atoms with Gasteiger partial charge in [0.1, 0.15) is 0 Å². The number of aromatic nitrogens is 1. The lowest BCUT2D eigenvalue weighted by atomic mass is 9.67. The van der Waals surface area contributed by atoms with Gasteiger partial charge in [0.05, 0.1) is 0 Å². The van der Waals surface area contributed by atoms with E-state index in [0.717, 1.165) is 18.4 Å². The predicted octanol–water partition coefficient (Wildman–Crippen LogP) is 3.98. The number of rotatable bonds is 3. The normalized spacial score (nSPS) is 26.1. The SMILES string of the molecule is CC(C)(C)C1CCC(C(CN)c2ccccn2)CC1. The van der Waals surface area contributed by atoms with Crippen molar-refractivity contribution in [3.8, 4) is 0 Å². The lowest BCUT2D eigenvalue weighted by Crippen LogP contribution is -2.30. The summed E-state index contributed by atoms with van der Waals surface area (Å²) in [6.45, 7) is 7.84. The molecule has 2 nitrogen and oxygen atoms in total. The molecule has 1 unspecified atom stereocenters. The van der Waals surface area contributed by atoms with Gasteiger partial charge < -0.3 is 5.73 Å². The van der Waals surface area contributed by atoms with Crippen LogP contribution in [0.25, 0.3) is 0 Å². The van der Waals surface area contributed by atoms with E-state index in [9.17, 15) is 0 Å². The average Bonchev–Trinajstić information content (AvgIpc) is 2.40. The summed E-state index contributed by atoms with van der Waals surface area (Å²) < 4.78 is 0. The van der Waals surface area contributed by atoms with Crippen molar-refractivity contribution in [3.05, 3.63) is 30.1 Å². The molecular formula is C17H28N2. The maximum Gasteiger partial charge on any atom is 0.0449 e. The molecule has 1 saturated carbocycles. The minimum Gasteiger partial charge on any atom is -0.330 e. The van der Waals surface area contributed by atoms with Crippen LogP contribution < -0.4 is 5.73 Å². The maximum absolute atomic E-state index is 6.02. The van der Waals surface area contributed by atoms with Crippen LogP contribution >= 0.6 is 0 Å². The fourth-order valence-electron chi connectivity index (χ4n) is 3.54. The van der Waals surface area contributed by atoms with E-state index in [1.54, 1.807) is 0 Å². The van der Waals surface area contributed by atoms with Gasteiger partial charge in [0.25, 0.3) is 0 Å². The van der Waals surface area contributed by atoms with E-state index in [4.69, 9.17) is 5.73 Å². The van der Waals surface area contributed by atoms with Crippen molar-refractivity contribution in [1.82, 2.24) is 4.98 Å². The summed E-state index contributed by atoms with van der Waals surface area (Å²) in [6.07, 6.45) is 7.19. The lowest BCUT2D eigenvalue weighted by Gasteiger charge is -2.39. The molecule has 0 radical (unpaired) electrons. The molecule has 2 rings (SSSR count). The molecule has 19 heavy (non-hydrogen) atoms. The molecule has 1 aliphatic carbocycles. The molecule has 1 aromatic rings. The van der Waals surface area contributed by atoms with Gasteiger partial charge in [-0.3, -0.25) is 4.98 Å². The average molecular weight is 260 g/mol. The van der Waals surface area contributed by atoms with E-state index >= 15 is 0 Å². The fraction of sp³-hybridized carbons (Fsp3) is 0.706. The fourth-order valence-corrected chi connectivity index (χ4v) is 3.54. The molecular weight excluding hydrogens is 232 g/mol. The standard InChI is InChI=1S/C17H28N2/c1-17(2,3)14-9-7-13(8-10-14)15(12-18)16-6-4-5-11-19-16/h4-6,11,13-15H,7-10,12,18H2,1-3H3. The molecule has 1 heterocycles. The van der Waals surface area contributed by atoms with Crippen molar-refractivity contribution in [2.75, 3.05) is 6.54 Å². The quantitative estimate of drug-likeness (QED) is 0.893. The van der Waals surface area contributed by atoms with E-state index in [1.165, 1.54) is 31.4 Å². The molecule has 2 heteroatoms. The Labute approximate surface area is 117 Å². The van der Waals surface area contributed by atoms with Gasteiger partial charge in [-0.15, -0.1) is 0 Å². The topological polar surface area (TPSA) is 38.9 Å². The lowest BCUT2D eigenvalue weighted by molar-refractivity contribution is 0.139. The van der Waals surface area contributed by atoms with Crippen LogP contribution in [0.15, 0.2) is 24.4 Å². The maximum atomic E-state index is 6.02. The van der Waals surface area contributed by atoms with E-state index in [-0.39, 0.29) is 0 Å². The van der Waals surface area contributed by atoms with E-state index in [2.05, 4.69) is 37.9 Å². The van der Waals surface area contributed by atoms with Crippen molar-refractivity contribution in [3.63, 3.8) is 0 Å². The van der Waals surface area contributed by atoms with Crippen LogP contribution in [-0.4, -0.2) is 11.5 Å². The van der Waals surface area contributed by atoms with Gasteiger partial charge in [-0.25, -0.2) is 0 Å². The highest BCUT2D eigenvalue weighted by Crippen LogP contribution is 2.43. The van der Waals surface area contributed by atoms with Crippen LogP contribution in [0.3, 0.4) is 0 Å². The summed E-state index contributed by atoms with van der Waals surface area (Å²) in [6, 6.07) is 6.19. The molecule has 0 amide bonds. The number of nitrogens with two attached hydrogens (primary N) is 1. The molecule has 1 aliphatic rings. The Hall–Kier alpha value is -0.890. The Morgan fingerprint density at radius 3 is 2.37 bits per heavy atom.